The van der Waals surface area contributed by atoms with Gasteiger partial charge in [-0.1, -0.05) is 19.9 Å². The molecule has 0 radical (unpaired) electrons. The van der Waals surface area contributed by atoms with Crippen molar-refractivity contribution < 1.29 is 4.74 Å². The zero-order valence-corrected chi connectivity index (χ0v) is 17.1. The number of ether oxygens (including phenoxy) is 1. The monoisotopic (exact) mass is 378 g/mol. The zero-order valence-electron chi connectivity index (χ0n) is 15.4. The molecule has 4 nitrogen and oxygen atoms in total. The fraction of sp³-hybridized carbons (Fsp3) is 0.579. The molecule has 0 amide bonds. The molecule has 0 spiro atoms. The molecule has 0 bridgehead atoms. The highest BCUT2D eigenvalue weighted by Crippen LogP contribution is 2.38. The molecule has 0 aromatic carbocycles. The van der Waals surface area contributed by atoms with Gasteiger partial charge in [-0.15, -0.1) is 29.7 Å². The Balaban J connectivity index is 2.08. The summed E-state index contributed by atoms with van der Waals surface area (Å²) in [6.45, 7) is 13.5. The first-order valence-corrected chi connectivity index (χ1v) is 10.6. The Kier molecular flexibility index (Phi) is 5.42. The quantitative estimate of drug-likeness (QED) is 0.543. The first kappa shape index (κ1) is 18.7. The van der Waals surface area contributed by atoms with Crippen molar-refractivity contribution in [3.8, 4) is 0 Å². The first-order valence-electron chi connectivity index (χ1n) is 8.75. The van der Waals surface area contributed by atoms with Gasteiger partial charge in [-0.25, -0.2) is 4.98 Å². The molecule has 0 fully saturated rings. The van der Waals surface area contributed by atoms with Crippen molar-refractivity contribution in [2.45, 2.75) is 64.3 Å². The maximum absolute atomic E-state index is 12.9. The third-order valence-electron chi connectivity index (χ3n) is 4.37. The number of thioether (sulfide) groups is 1. The summed E-state index contributed by atoms with van der Waals surface area (Å²) in [4.78, 5) is 19.9. The Morgan fingerprint density at radius 1 is 1.48 bits per heavy atom. The fourth-order valence-corrected chi connectivity index (χ4v) is 5.56. The average molecular weight is 379 g/mol. The highest BCUT2D eigenvalue weighted by Gasteiger charge is 2.30. The molecule has 136 valence electrons. The molecule has 1 aliphatic rings. The summed E-state index contributed by atoms with van der Waals surface area (Å²) in [5, 5.41) is 0.598. The molecule has 0 saturated carbocycles. The molecule has 1 aliphatic heterocycles. The van der Waals surface area contributed by atoms with E-state index in [4.69, 9.17) is 9.72 Å². The van der Waals surface area contributed by atoms with E-state index in [2.05, 4.69) is 34.3 Å². The highest BCUT2D eigenvalue weighted by molar-refractivity contribution is 7.99. The van der Waals surface area contributed by atoms with Crippen LogP contribution in [0.1, 0.15) is 44.6 Å². The van der Waals surface area contributed by atoms with Crippen LogP contribution in [0.4, 0.5) is 0 Å². The third-order valence-corrected chi connectivity index (χ3v) is 6.59. The molecule has 6 heteroatoms. The van der Waals surface area contributed by atoms with Gasteiger partial charge in [0.1, 0.15) is 10.3 Å². The van der Waals surface area contributed by atoms with E-state index in [1.807, 2.05) is 4.57 Å². The number of nitrogens with zero attached hydrogens (tertiary/aromatic N) is 2. The maximum atomic E-state index is 12.9. The summed E-state index contributed by atoms with van der Waals surface area (Å²) < 4.78 is 7.82. The van der Waals surface area contributed by atoms with Gasteiger partial charge >= 0.3 is 0 Å². The first-order chi connectivity index (χ1) is 11.8. The average Bonchev–Trinajstić information content (AvgIpc) is 2.86. The highest BCUT2D eigenvalue weighted by atomic mass is 32.2. The van der Waals surface area contributed by atoms with Crippen LogP contribution in [0.5, 0.6) is 0 Å². The van der Waals surface area contributed by atoms with Crippen LogP contribution in [0.25, 0.3) is 10.3 Å². The topological polar surface area (TPSA) is 44.1 Å². The lowest BCUT2D eigenvalue weighted by Gasteiger charge is -2.29. The zero-order chi connectivity index (χ0) is 18.2. The lowest BCUT2D eigenvalue weighted by molar-refractivity contribution is -0.0383. The van der Waals surface area contributed by atoms with E-state index in [0.29, 0.717) is 24.1 Å². The summed E-state index contributed by atoms with van der Waals surface area (Å²) in [6, 6.07) is 0. The fourth-order valence-electron chi connectivity index (χ4n) is 2.92. The molecule has 0 aliphatic carbocycles. The van der Waals surface area contributed by atoms with Crippen molar-refractivity contribution in [1.29, 1.82) is 0 Å². The second-order valence-electron chi connectivity index (χ2n) is 7.54. The van der Waals surface area contributed by atoms with Crippen molar-refractivity contribution in [3.63, 3.8) is 0 Å². The van der Waals surface area contributed by atoms with Crippen LogP contribution in [0.15, 0.2) is 22.5 Å². The molecule has 25 heavy (non-hydrogen) atoms. The molecule has 2 aromatic heterocycles. The van der Waals surface area contributed by atoms with E-state index in [9.17, 15) is 4.79 Å². The van der Waals surface area contributed by atoms with Gasteiger partial charge in [0.15, 0.2) is 5.03 Å². The minimum atomic E-state index is -0.160. The van der Waals surface area contributed by atoms with Crippen LogP contribution in [0, 0.1) is 5.92 Å². The molecular formula is C19H26N2O2S2. The second kappa shape index (κ2) is 7.25. The third kappa shape index (κ3) is 3.86. The van der Waals surface area contributed by atoms with Crippen LogP contribution >= 0.6 is 23.1 Å². The molecular weight excluding hydrogens is 352 g/mol. The van der Waals surface area contributed by atoms with E-state index in [-0.39, 0.29) is 11.2 Å². The van der Waals surface area contributed by atoms with Crippen molar-refractivity contribution >= 4 is 33.4 Å². The summed E-state index contributed by atoms with van der Waals surface area (Å²) >= 11 is 3.25. The predicted octanol–water partition coefficient (Wildman–Crippen LogP) is 4.63. The Labute approximate surface area is 157 Å². The largest absolute Gasteiger partial charge is 0.370 e. The normalized spacial score (nSPS) is 16.4. The summed E-state index contributed by atoms with van der Waals surface area (Å²) in [5.74, 6) is 1.53. The molecule has 3 rings (SSSR count). The summed E-state index contributed by atoms with van der Waals surface area (Å²) in [6.07, 6.45) is 3.72. The van der Waals surface area contributed by atoms with Crippen LogP contribution in [0.3, 0.4) is 0 Å². The van der Waals surface area contributed by atoms with Crippen molar-refractivity contribution in [3.05, 3.63) is 33.4 Å². The van der Waals surface area contributed by atoms with Gasteiger partial charge in [-0.2, -0.15) is 0 Å². The number of hydrogen-bond donors (Lipinski definition) is 0. The van der Waals surface area contributed by atoms with E-state index < -0.39 is 0 Å². The second-order valence-corrected chi connectivity index (χ2v) is 9.70. The molecule has 0 atom stereocenters. The SMILES string of the molecule is C=CCn1c(=O)c(SCCC(C)C)nc2c3c(sc21)CC(C)(C)OC3. The molecule has 2 aromatic rings. The molecule has 0 unspecified atom stereocenters. The Morgan fingerprint density at radius 3 is 2.92 bits per heavy atom. The van der Waals surface area contributed by atoms with Gasteiger partial charge in [0.05, 0.1) is 12.2 Å². The van der Waals surface area contributed by atoms with Crippen molar-refractivity contribution in [2.75, 3.05) is 5.75 Å². The van der Waals surface area contributed by atoms with E-state index in [1.165, 1.54) is 4.88 Å². The number of fused-ring (bicyclic) bond motifs is 3. The number of aromatic nitrogens is 2. The summed E-state index contributed by atoms with van der Waals surface area (Å²) in [7, 11) is 0. The Morgan fingerprint density at radius 2 is 2.24 bits per heavy atom. The van der Waals surface area contributed by atoms with E-state index >= 15 is 0 Å². The smallest absolute Gasteiger partial charge is 0.284 e. The van der Waals surface area contributed by atoms with Crippen LogP contribution in [0.2, 0.25) is 0 Å². The van der Waals surface area contributed by atoms with Crippen LogP contribution in [-0.2, 0) is 24.3 Å². The maximum Gasteiger partial charge on any atom is 0.284 e. The minimum absolute atomic E-state index is 0.0000633. The Bertz CT molecular complexity index is 849. The lowest BCUT2D eigenvalue weighted by atomic mass is 9.98. The van der Waals surface area contributed by atoms with Crippen LogP contribution in [-0.4, -0.2) is 20.9 Å². The Hall–Kier alpha value is -1.11. The molecule has 3 heterocycles. The van der Waals surface area contributed by atoms with Gasteiger partial charge in [0, 0.05) is 23.4 Å². The molecule has 0 N–H and O–H groups in total. The molecule has 0 saturated heterocycles. The summed E-state index contributed by atoms with van der Waals surface area (Å²) in [5.41, 5.74) is 1.93. The predicted molar refractivity (Wildman–Crippen MR) is 107 cm³/mol. The van der Waals surface area contributed by atoms with Crippen molar-refractivity contribution in [2.24, 2.45) is 5.92 Å². The number of rotatable bonds is 6. The van der Waals surface area contributed by atoms with Gasteiger partial charge in [-0.3, -0.25) is 9.36 Å². The lowest BCUT2D eigenvalue weighted by Crippen LogP contribution is -2.30. The number of thiophene rings is 1. The van der Waals surface area contributed by atoms with Gasteiger partial charge in [0.2, 0.25) is 0 Å². The van der Waals surface area contributed by atoms with E-state index in [0.717, 1.165) is 34.5 Å². The standard InChI is InChI=1S/C19H26N2O2S2/c1-6-8-21-17(22)16(24-9-7-12(2)3)20-15-13-11-23-19(4,5)10-14(13)25-18(15)21/h6,12H,1,7-11H2,2-5H3. The number of hydrogen-bond acceptors (Lipinski definition) is 5. The number of allylic oxidation sites excluding steroid dienone is 1. The van der Waals surface area contributed by atoms with Gasteiger partial charge in [0.25, 0.3) is 5.56 Å². The van der Waals surface area contributed by atoms with Crippen LogP contribution < -0.4 is 5.56 Å². The van der Waals surface area contributed by atoms with Gasteiger partial charge in [-0.05, 0) is 31.9 Å². The van der Waals surface area contributed by atoms with Gasteiger partial charge < -0.3 is 4.74 Å². The van der Waals surface area contributed by atoms with Crippen molar-refractivity contribution in [1.82, 2.24) is 9.55 Å². The van der Waals surface area contributed by atoms with E-state index in [1.54, 1.807) is 29.2 Å². The minimum Gasteiger partial charge on any atom is -0.370 e.